The Morgan fingerprint density at radius 2 is 2.05 bits per heavy atom. The number of carboxylic acids is 1. The molecule has 0 atom stereocenters. The van der Waals surface area contributed by atoms with E-state index in [-0.39, 0.29) is 36.2 Å². The molecular weight excluding hydrogens is 251 g/mol. The average Bonchev–Trinajstić information content (AvgIpc) is 2.30. The molecule has 5 nitrogen and oxygen atoms in total. The zero-order chi connectivity index (χ0) is 14.4. The number of carbonyl (C=O) groups excluding carboxylic acids is 1. The Balaban J connectivity index is 2.55. The molecular formula is C13H17FN2O3. The van der Waals surface area contributed by atoms with E-state index < -0.39 is 11.8 Å². The van der Waals surface area contributed by atoms with Crippen molar-refractivity contribution in [3.05, 3.63) is 35.1 Å². The smallest absolute Gasteiger partial charge is 0.335 e. The van der Waals surface area contributed by atoms with E-state index in [0.717, 1.165) is 6.07 Å². The third-order valence-corrected chi connectivity index (χ3v) is 2.34. The minimum Gasteiger partial charge on any atom is -0.478 e. The van der Waals surface area contributed by atoms with Gasteiger partial charge in [-0.05, 0) is 32.0 Å². The number of carboxylic acid groups (broad SMARTS) is 1. The van der Waals surface area contributed by atoms with Gasteiger partial charge in [0, 0.05) is 18.2 Å². The number of amides is 1. The van der Waals surface area contributed by atoms with Gasteiger partial charge in [0.1, 0.15) is 5.82 Å². The molecule has 0 heterocycles. The van der Waals surface area contributed by atoms with Crippen molar-refractivity contribution in [1.29, 1.82) is 0 Å². The van der Waals surface area contributed by atoms with E-state index in [1.807, 2.05) is 13.8 Å². The molecule has 19 heavy (non-hydrogen) atoms. The quantitative estimate of drug-likeness (QED) is 0.723. The van der Waals surface area contributed by atoms with E-state index in [4.69, 9.17) is 5.11 Å². The summed E-state index contributed by atoms with van der Waals surface area (Å²) in [6, 6.07) is 3.60. The number of aromatic carboxylic acids is 1. The Bertz CT molecular complexity index is 475. The van der Waals surface area contributed by atoms with Crippen LogP contribution in [-0.2, 0) is 11.3 Å². The van der Waals surface area contributed by atoms with Gasteiger partial charge < -0.3 is 15.7 Å². The first kappa shape index (κ1) is 15.1. The Kier molecular flexibility index (Phi) is 5.44. The van der Waals surface area contributed by atoms with Crippen LogP contribution in [0.4, 0.5) is 4.39 Å². The number of benzene rings is 1. The van der Waals surface area contributed by atoms with Gasteiger partial charge >= 0.3 is 5.97 Å². The molecule has 1 aromatic carbocycles. The van der Waals surface area contributed by atoms with E-state index in [9.17, 15) is 14.0 Å². The summed E-state index contributed by atoms with van der Waals surface area (Å²) in [5, 5.41) is 14.3. The van der Waals surface area contributed by atoms with Crippen molar-refractivity contribution in [3.63, 3.8) is 0 Å². The second-order valence-electron chi connectivity index (χ2n) is 4.44. The van der Waals surface area contributed by atoms with Gasteiger partial charge in [0.15, 0.2) is 0 Å². The minimum absolute atomic E-state index is 0.0184. The molecule has 1 amide bonds. The van der Waals surface area contributed by atoms with Gasteiger partial charge in [0.25, 0.3) is 0 Å². The monoisotopic (exact) mass is 268 g/mol. The second kappa shape index (κ2) is 6.84. The van der Waals surface area contributed by atoms with Crippen LogP contribution in [0.15, 0.2) is 18.2 Å². The van der Waals surface area contributed by atoms with E-state index in [1.54, 1.807) is 0 Å². The lowest BCUT2D eigenvalue weighted by Gasteiger charge is -2.10. The molecule has 0 saturated carbocycles. The third kappa shape index (κ3) is 5.05. The summed E-state index contributed by atoms with van der Waals surface area (Å²) in [4.78, 5) is 22.1. The molecule has 0 aliphatic heterocycles. The Hall–Kier alpha value is -1.95. The first-order valence-corrected chi connectivity index (χ1v) is 5.92. The maximum Gasteiger partial charge on any atom is 0.335 e. The normalized spacial score (nSPS) is 10.5. The van der Waals surface area contributed by atoms with Gasteiger partial charge in [-0.25, -0.2) is 9.18 Å². The molecule has 0 aliphatic rings. The van der Waals surface area contributed by atoms with Crippen LogP contribution in [0, 0.1) is 5.82 Å². The third-order valence-electron chi connectivity index (χ3n) is 2.34. The summed E-state index contributed by atoms with van der Waals surface area (Å²) >= 11 is 0. The Morgan fingerprint density at radius 3 is 2.63 bits per heavy atom. The van der Waals surface area contributed by atoms with Gasteiger partial charge in [0.2, 0.25) is 5.91 Å². The molecule has 0 spiro atoms. The first-order chi connectivity index (χ1) is 8.90. The van der Waals surface area contributed by atoms with Crippen LogP contribution < -0.4 is 10.6 Å². The van der Waals surface area contributed by atoms with Crippen LogP contribution >= 0.6 is 0 Å². The predicted molar refractivity (Wildman–Crippen MR) is 68.3 cm³/mol. The lowest BCUT2D eigenvalue weighted by molar-refractivity contribution is -0.120. The van der Waals surface area contributed by atoms with Crippen molar-refractivity contribution in [2.75, 3.05) is 6.54 Å². The number of hydrogen-bond donors (Lipinski definition) is 3. The molecule has 6 heteroatoms. The second-order valence-corrected chi connectivity index (χ2v) is 4.44. The summed E-state index contributed by atoms with van der Waals surface area (Å²) in [6.45, 7) is 3.83. The molecule has 0 aromatic heterocycles. The van der Waals surface area contributed by atoms with Crippen LogP contribution in [0.1, 0.15) is 29.8 Å². The summed E-state index contributed by atoms with van der Waals surface area (Å²) < 4.78 is 13.4. The minimum atomic E-state index is -1.11. The molecule has 0 aliphatic carbocycles. The van der Waals surface area contributed by atoms with Gasteiger partial charge in [-0.1, -0.05) is 0 Å². The molecule has 0 fully saturated rings. The van der Waals surface area contributed by atoms with E-state index in [0.29, 0.717) is 0 Å². The van der Waals surface area contributed by atoms with E-state index in [1.165, 1.54) is 12.1 Å². The van der Waals surface area contributed by atoms with Gasteiger partial charge in [-0.3, -0.25) is 4.79 Å². The highest BCUT2D eigenvalue weighted by atomic mass is 19.1. The van der Waals surface area contributed by atoms with Crippen LogP contribution in [0.5, 0.6) is 0 Å². The highest BCUT2D eigenvalue weighted by Crippen LogP contribution is 2.10. The number of nitrogens with one attached hydrogen (secondary N) is 2. The summed E-state index contributed by atoms with van der Waals surface area (Å²) in [7, 11) is 0. The molecule has 0 radical (unpaired) electrons. The van der Waals surface area contributed by atoms with E-state index >= 15 is 0 Å². The van der Waals surface area contributed by atoms with Crippen LogP contribution in [0.25, 0.3) is 0 Å². The zero-order valence-corrected chi connectivity index (χ0v) is 10.9. The summed E-state index contributed by atoms with van der Waals surface area (Å²) in [5.41, 5.74) is 0.238. The standard InChI is InChI=1S/C13H17FN2O3/c1-8(2)16-12(17)7-15-6-10-5-9(13(18)19)3-4-11(10)14/h3-5,8,15H,6-7H2,1-2H3,(H,16,17)(H,18,19). The average molecular weight is 268 g/mol. The van der Waals surface area contributed by atoms with Gasteiger partial charge in [0.05, 0.1) is 12.1 Å². The Labute approximate surface area is 110 Å². The maximum absolute atomic E-state index is 13.4. The van der Waals surface area contributed by atoms with Gasteiger partial charge in [-0.2, -0.15) is 0 Å². The lowest BCUT2D eigenvalue weighted by atomic mass is 10.1. The molecule has 0 unspecified atom stereocenters. The summed E-state index contributed by atoms with van der Waals surface area (Å²) in [6.07, 6.45) is 0. The fourth-order valence-corrected chi connectivity index (χ4v) is 1.53. The topological polar surface area (TPSA) is 78.4 Å². The summed E-state index contributed by atoms with van der Waals surface area (Å²) in [5.74, 6) is -1.80. The first-order valence-electron chi connectivity index (χ1n) is 5.92. The maximum atomic E-state index is 13.4. The largest absolute Gasteiger partial charge is 0.478 e. The highest BCUT2D eigenvalue weighted by molar-refractivity contribution is 5.87. The predicted octanol–water partition coefficient (Wildman–Crippen LogP) is 1.14. The van der Waals surface area contributed by atoms with Crippen molar-refractivity contribution in [2.45, 2.75) is 26.4 Å². The van der Waals surface area contributed by atoms with Gasteiger partial charge in [-0.15, -0.1) is 0 Å². The zero-order valence-electron chi connectivity index (χ0n) is 10.9. The number of rotatable bonds is 6. The molecule has 0 saturated heterocycles. The van der Waals surface area contributed by atoms with Crippen molar-refractivity contribution in [1.82, 2.24) is 10.6 Å². The van der Waals surface area contributed by atoms with E-state index in [2.05, 4.69) is 10.6 Å². The van der Waals surface area contributed by atoms with Crippen LogP contribution in [0.3, 0.4) is 0 Å². The number of hydrogen-bond acceptors (Lipinski definition) is 3. The number of halogens is 1. The fraction of sp³-hybridized carbons (Fsp3) is 0.385. The van der Waals surface area contributed by atoms with Crippen molar-refractivity contribution in [3.8, 4) is 0 Å². The molecule has 1 aromatic rings. The van der Waals surface area contributed by atoms with Crippen LogP contribution in [0.2, 0.25) is 0 Å². The Morgan fingerprint density at radius 1 is 1.37 bits per heavy atom. The SMILES string of the molecule is CC(C)NC(=O)CNCc1cc(C(=O)O)ccc1F. The van der Waals surface area contributed by atoms with Crippen molar-refractivity contribution in [2.24, 2.45) is 0 Å². The molecule has 0 bridgehead atoms. The van der Waals surface area contributed by atoms with Crippen molar-refractivity contribution < 1.29 is 19.1 Å². The lowest BCUT2D eigenvalue weighted by Crippen LogP contribution is -2.37. The molecule has 104 valence electrons. The van der Waals surface area contributed by atoms with Crippen LogP contribution in [-0.4, -0.2) is 29.6 Å². The molecule has 3 N–H and O–H groups in total. The fourth-order valence-electron chi connectivity index (χ4n) is 1.53. The highest BCUT2D eigenvalue weighted by Gasteiger charge is 2.09. The molecule has 1 rings (SSSR count). The van der Waals surface area contributed by atoms with Crippen molar-refractivity contribution >= 4 is 11.9 Å². The number of carbonyl (C=O) groups is 2.